The van der Waals surface area contributed by atoms with Crippen molar-refractivity contribution in [3.05, 3.63) is 11.6 Å². The van der Waals surface area contributed by atoms with Gasteiger partial charge >= 0.3 is 0 Å². The van der Waals surface area contributed by atoms with Crippen LogP contribution < -0.4 is 0 Å². The Kier molecular flexibility index (Phi) is 5.03. The fourth-order valence-corrected chi connectivity index (χ4v) is 1.72. The van der Waals surface area contributed by atoms with Gasteiger partial charge in [0.15, 0.2) is 0 Å². The monoisotopic (exact) mass is 253 g/mol. The van der Waals surface area contributed by atoms with E-state index in [0.717, 1.165) is 24.7 Å². The van der Waals surface area contributed by atoms with Crippen molar-refractivity contribution in [3.63, 3.8) is 0 Å². The number of hydrogen-bond donors (Lipinski definition) is 0. The molecule has 0 bridgehead atoms. The Balaban J connectivity index is 2.40. The number of nitrogens with zero attached hydrogens (tertiary/aromatic N) is 1. The summed E-state index contributed by atoms with van der Waals surface area (Å²) in [6, 6.07) is 1.90. The highest BCUT2D eigenvalue weighted by atomic mass is 17.3. The molecule has 2 atom stereocenters. The third-order valence-corrected chi connectivity index (χ3v) is 2.74. The Bertz CT molecular complexity index is 374. The number of carbonyl (C=O) groups excluding carboxylic acids is 1. The van der Waals surface area contributed by atoms with E-state index >= 15 is 0 Å². The maximum Gasteiger partial charge on any atom is 0.289 e. The fraction of sp³-hybridized carbons (Fsp3) is 0.692. The molecule has 5 nitrogen and oxygen atoms in total. The molecule has 0 aromatic carbocycles. The van der Waals surface area contributed by atoms with Crippen molar-refractivity contribution in [3.8, 4) is 6.07 Å². The lowest BCUT2D eigenvalue weighted by atomic mass is 10.1. The van der Waals surface area contributed by atoms with E-state index in [1.165, 1.54) is 6.92 Å². The van der Waals surface area contributed by atoms with Crippen LogP contribution in [0.15, 0.2) is 11.6 Å². The molecule has 1 aliphatic rings. The molecule has 1 aliphatic heterocycles. The van der Waals surface area contributed by atoms with Gasteiger partial charge in [-0.25, -0.2) is 0 Å². The zero-order chi connectivity index (χ0) is 13.6. The average molecular weight is 253 g/mol. The molecule has 5 heteroatoms. The first-order chi connectivity index (χ1) is 8.43. The minimum atomic E-state index is -1.33. The van der Waals surface area contributed by atoms with Gasteiger partial charge in [0.1, 0.15) is 12.4 Å². The number of rotatable bonds is 6. The number of carbonyl (C=O) groups is 1. The van der Waals surface area contributed by atoms with Crippen LogP contribution in [0.3, 0.4) is 0 Å². The average Bonchev–Trinajstić information content (AvgIpc) is 2.64. The second kappa shape index (κ2) is 6.10. The Morgan fingerprint density at radius 2 is 2.06 bits per heavy atom. The quantitative estimate of drug-likeness (QED) is 0.413. The van der Waals surface area contributed by atoms with Gasteiger partial charge in [-0.05, 0) is 26.7 Å². The van der Waals surface area contributed by atoms with Crippen LogP contribution in [0.25, 0.3) is 0 Å². The highest BCUT2D eigenvalue weighted by Crippen LogP contribution is 2.35. The first kappa shape index (κ1) is 14.8. The molecule has 0 spiro atoms. The Labute approximate surface area is 107 Å². The van der Waals surface area contributed by atoms with E-state index in [9.17, 15) is 4.79 Å². The van der Waals surface area contributed by atoms with Crippen LogP contribution in [0.2, 0.25) is 0 Å². The van der Waals surface area contributed by atoms with E-state index in [0.29, 0.717) is 12.8 Å². The second-order valence-electron chi connectivity index (χ2n) is 4.75. The highest BCUT2D eigenvalue weighted by molar-refractivity contribution is 5.49. The molecule has 100 valence electrons. The lowest BCUT2D eigenvalue weighted by Crippen LogP contribution is -2.30. The molecule has 0 aromatic heterocycles. The van der Waals surface area contributed by atoms with Gasteiger partial charge in [0.25, 0.3) is 5.79 Å². The van der Waals surface area contributed by atoms with Gasteiger partial charge in [-0.15, -0.1) is 0 Å². The first-order valence-electron chi connectivity index (χ1n) is 6.00. The number of aldehydes is 1. The van der Waals surface area contributed by atoms with Crippen molar-refractivity contribution in [2.75, 3.05) is 0 Å². The number of nitriles is 1. The molecule has 0 saturated carbocycles. The summed E-state index contributed by atoms with van der Waals surface area (Å²) in [5.41, 5.74) is 1.16. The van der Waals surface area contributed by atoms with Crippen molar-refractivity contribution in [2.24, 2.45) is 0 Å². The van der Waals surface area contributed by atoms with E-state index in [1.807, 2.05) is 19.1 Å². The van der Waals surface area contributed by atoms with Crippen LogP contribution in [-0.4, -0.2) is 17.9 Å². The molecule has 0 amide bonds. The Morgan fingerprint density at radius 1 is 1.33 bits per heavy atom. The third kappa shape index (κ3) is 4.22. The fourth-order valence-electron chi connectivity index (χ4n) is 1.72. The largest absolute Gasteiger partial charge is 0.303 e. The van der Waals surface area contributed by atoms with Gasteiger partial charge in [0, 0.05) is 19.8 Å². The van der Waals surface area contributed by atoms with Crippen molar-refractivity contribution >= 4 is 6.29 Å². The van der Waals surface area contributed by atoms with Crippen molar-refractivity contribution < 1.29 is 19.3 Å². The molecule has 18 heavy (non-hydrogen) atoms. The summed E-state index contributed by atoms with van der Waals surface area (Å²) in [4.78, 5) is 20.2. The lowest BCUT2D eigenvalue weighted by Gasteiger charge is -2.19. The SMILES string of the molecule is C/C(=C/CCC1(C)OOC(C)(C#N)O1)CCC=O. The van der Waals surface area contributed by atoms with E-state index in [4.69, 9.17) is 19.8 Å². The van der Waals surface area contributed by atoms with Crippen LogP contribution in [0.5, 0.6) is 0 Å². The van der Waals surface area contributed by atoms with Gasteiger partial charge in [-0.1, -0.05) is 11.6 Å². The molecule has 0 aliphatic carbocycles. The number of hydrogen-bond acceptors (Lipinski definition) is 5. The van der Waals surface area contributed by atoms with Gasteiger partial charge in [0.05, 0.1) is 0 Å². The molecule has 1 fully saturated rings. The molecule has 0 aromatic rings. The van der Waals surface area contributed by atoms with Crippen LogP contribution in [0.4, 0.5) is 0 Å². The maximum absolute atomic E-state index is 10.2. The van der Waals surface area contributed by atoms with Crippen LogP contribution in [0.1, 0.15) is 46.5 Å². The minimum absolute atomic E-state index is 0.544. The summed E-state index contributed by atoms with van der Waals surface area (Å²) in [7, 11) is 0. The number of ether oxygens (including phenoxy) is 1. The minimum Gasteiger partial charge on any atom is -0.303 e. The molecule has 1 saturated heterocycles. The molecule has 2 unspecified atom stereocenters. The maximum atomic E-state index is 10.2. The predicted octanol–water partition coefficient (Wildman–Crippen LogP) is 2.63. The van der Waals surface area contributed by atoms with Gasteiger partial charge in [-0.3, -0.25) is 0 Å². The highest BCUT2D eigenvalue weighted by Gasteiger charge is 2.47. The summed E-state index contributed by atoms with van der Waals surface area (Å²) >= 11 is 0. The summed E-state index contributed by atoms with van der Waals surface area (Å²) < 4.78 is 5.46. The van der Waals surface area contributed by atoms with Gasteiger partial charge < -0.3 is 9.53 Å². The van der Waals surface area contributed by atoms with Crippen molar-refractivity contribution in [2.45, 2.75) is 58.0 Å². The van der Waals surface area contributed by atoms with E-state index in [2.05, 4.69) is 0 Å². The molecule has 1 rings (SSSR count). The topological polar surface area (TPSA) is 68.6 Å². The number of allylic oxidation sites excluding steroid dienone is 2. The molecule has 0 radical (unpaired) electrons. The Morgan fingerprint density at radius 3 is 2.61 bits per heavy atom. The summed E-state index contributed by atoms with van der Waals surface area (Å²) in [5.74, 6) is -2.23. The summed E-state index contributed by atoms with van der Waals surface area (Å²) in [5, 5.41) is 8.84. The van der Waals surface area contributed by atoms with Crippen molar-refractivity contribution in [1.82, 2.24) is 0 Å². The standard InChI is InChI=1S/C13H19NO4/c1-11(7-5-9-15)6-4-8-12(2)16-13(3,10-14)18-17-12/h6,9H,4-5,7-8H2,1-3H3/b11-6-. The Hall–Kier alpha value is -1.22. The zero-order valence-electron chi connectivity index (χ0n) is 11.1. The van der Waals surface area contributed by atoms with Gasteiger partial charge in [-0.2, -0.15) is 15.0 Å². The first-order valence-corrected chi connectivity index (χ1v) is 6.00. The third-order valence-electron chi connectivity index (χ3n) is 2.74. The second-order valence-corrected chi connectivity index (χ2v) is 4.75. The normalized spacial score (nSPS) is 32.2. The smallest absolute Gasteiger partial charge is 0.289 e. The summed E-state index contributed by atoms with van der Waals surface area (Å²) in [6.07, 6.45) is 5.60. The molecular formula is C13H19NO4. The van der Waals surface area contributed by atoms with E-state index in [1.54, 1.807) is 6.92 Å². The molecular weight excluding hydrogens is 234 g/mol. The zero-order valence-corrected chi connectivity index (χ0v) is 11.1. The molecule has 1 heterocycles. The van der Waals surface area contributed by atoms with E-state index in [-0.39, 0.29) is 0 Å². The van der Waals surface area contributed by atoms with Gasteiger partial charge in [0.2, 0.25) is 5.79 Å². The lowest BCUT2D eigenvalue weighted by molar-refractivity contribution is -0.335. The van der Waals surface area contributed by atoms with Crippen LogP contribution in [0, 0.1) is 11.3 Å². The van der Waals surface area contributed by atoms with E-state index < -0.39 is 11.6 Å². The predicted molar refractivity (Wildman–Crippen MR) is 64.0 cm³/mol. The van der Waals surface area contributed by atoms with Crippen LogP contribution in [-0.2, 0) is 19.3 Å². The van der Waals surface area contributed by atoms with Crippen LogP contribution >= 0.6 is 0 Å². The molecule has 0 N–H and O–H groups in total. The summed E-state index contributed by atoms with van der Waals surface area (Å²) in [6.45, 7) is 5.24. The van der Waals surface area contributed by atoms with Crippen molar-refractivity contribution in [1.29, 1.82) is 5.26 Å².